The van der Waals surface area contributed by atoms with E-state index in [2.05, 4.69) is 52.3 Å². The molecule has 1 aliphatic rings. The normalized spacial score (nSPS) is 27.0. The molecule has 2 atom stereocenters. The zero-order chi connectivity index (χ0) is 10.5. The Bertz CT molecular complexity index is 321. The molecule has 1 fully saturated rings. The first kappa shape index (κ1) is 10.9. The monoisotopic (exact) mass is 266 g/mol. The SMILES string of the molecule is Br[C@H]1CCO[C@@H](/C=C/c2ccccc2)C1. The van der Waals surface area contributed by atoms with Crippen LogP contribution in [0.2, 0.25) is 0 Å². The van der Waals surface area contributed by atoms with Crippen molar-refractivity contribution in [2.24, 2.45) is 0 Å². The molecule has 0 amide bonds. The Kier molecular flexibility index (Phi) is 3.98. The molecule has 0 N–H and O–H groups in total. The maximum atomic E-state index is 5.65. The lowest BCUT2D eigenvalue weighted by Crippen LogP contribution is -2.23. The van der Waals surface area contributed by atoms with Crippen molar-refractivity contribution in [1.29, 1.82) is 0 Å². The second kappa shape index (κ2) is 5.47. The van der Waals surface area contributed by atoms with Gasteiger partial charge in [-0.05, 0) is 18.4 Å². The summed E-state index contributed by atoms with van der Waals surface area (Å²) in [5.41, 5.74) is 1.23. The van der Waals surface area contributed by atoms with Gasteiger partial charge in [-0.3, -0.25) is 0 Å². The first-order valence-corrected chi connectivity index (χ1v) is 6.25. The Balaban J connectivity index is 1.93. The van der Waals surface area contributed by atoms with E-state index in [1.54, 1.807) is 0 Å². The smallest absolute Gasteiger partial charge is 0.0769 e. The number of hydrogen-bond donors (Lipinski definition) is 0. The van der Waals surface area contributed by atoms with Crippen molar-refractivity contribution in [3.8, 4) is 0 Å². The molecule has 0 unspecified atom stereocenters. The van der Waals surface area contributed by atoms with Crippen LogP contribution in [0.5, 0.6) is 0 Å². The third-order valence-electron chi connectivity index (χ3n) is 2.55. The number of rotatable bonds is 2. The molecule has 1 aromatic rings. The van der Waals surface area contributed by atoms with Gasteiger partial charge in [-0.2, -0.15) is 0 Å². The lowest BCUT2D eigenvalue weighted by Gasteiger charge is -2.23. The summed E-state index contributed by atoms with van der Waals surface area (Å²) >= 11 is 3.64. The molecule has 0 spiro atoms. The van der Waals surface area contributed by atoms with Crippen molar-refractivity contribution in [2.45, 2.75) is 23.8 Å². The van der Waals surface area contributed by atoms with Crippen molar-refractivity contribution in [3.05, 3.63) is 42.0 Å². The van der Waals surface area contributed by atoms with Gasteiger partial charge in [0, 0.05) is 11.4 Å². The van der Waals surface area contributed by atoms with Gasteiger partial charge in [-0.1, -0.05) is 58.4 Å². The summed E-state index contributed by atoms with van der Waals surface area (Å²) in [6.45, 7) is 0.861. The number of ether oxygens (including phenoxy) is 1. The highest BCUT2D eigenvalue weighted by Gasteiger charge is 2.17. The Morgan fingerprint density at radius 3 is 2.80 bits per heavy atom. The molecule has 0 aromatic heterocycles. The second-order valence-corrected chi connectivity index (χ2v) is 5.10. The van der Waals surface area contributed by atoms with Crippen LogP contribution < -0.4 is 0 Å². The van der Waals surface area contributed by atoms with Gasteiger partial charge in [-0.15, -0.1) is 0 Å². The summed E-state index contributed by atoms with van der Waals surface area (Å²) in [7, 11) is 0. The minimum Gasteiger partial charge on any atom is -0.374 e. The molecule has 0 bridgehead atoms. The minimum atomic E-state index is 0.267. The quantitative estimate of drug-likeness (QED) is 0.743. The van der Waals surface area contributed by atoms with Crippen LogP contribution in [0.1, 0.15) is 18.4 Å². The number of hydrogen-bond acceptors (Lipinski definition) is 1. The van der Waals surface area contributed by atoms with Crippen LogP contribution in [0, 0.1) is 0 Å². The molecule has 0 aliphatic carbocycles. The van der Waals surface area contributed by atoms with Crippen LogP contribution in [-0.4, -0.2) is 17.5 Å². The zero-order valence-electron chi connectivity index (χ0n) is 8.60. The van der Waals surface area contributed by atoms with Crippen molar-refractivity contribution in [3.63, 3.8) is 0 Å². The fraction of sp³-hybridized carbons (Fsp3) is 0.385. The Morgan fingerprint density at radius 2 is 2.07 bits per heavy atom. The molecule has 15 heavy (non-hydrogen) atoms. The maximum Gasteiger partial charge on any atom is 0.0769 e. The molecule has 1 heterocycles. The molecule has 0 radical (unpaired) electrons. The van der Waals surface area contributed by atoms with Crippen LogP contribution in [-0.2, 0) is 4.74 Å². The largest absolute Gasteiger partial charge is 0.374 e. The van der Waals surface area contributed by atoms with E-state index in [1.165, 1.54) is 5.56 Å². The predicted molar refractivity (Wildman–Crippen MR) is 67.2 cm³/mol. The van der Waals surface area contributed by atoms with E-state index in [0.29, 0.717) is 4.83 Å². The zero-order valence-corrected chi connectivity index (χ0v) is 10.2. The summed E-state index contributed by atoms with van der Waals surface area (Å²) < 4.78 is 5.65. The molecule has 1 aliphatic heterocycles. The topological polar surface area (TPSA) is 9.23 Å². The van der Waals surface area contributed by atoms with E-state index in [0.717, 1.165) is 19.4 Å². The molecule has 1 saturated heterocycles. The fourth-order valence-electron chi connectivity index (χ4n) is 1.70. The van der Waals surface area contributed by atoms with Crippen LogP contribution in [0.3, 0.4) is 0 Å². The molecular formula is C13H15BrO. The van der Waals surface area contributed by atoms with Gasteiger partial charge in [-0.25, -0.2) is 0 Å². The number of benzene rings is 1. The van der Waals surface area contributed by atoms with E-state index in [4.69, 9.17) is 4.74 Å². The summed E-state index contributed by atoms with van der Waals surface area (Å²) in [5.74, 6) is 0. The van der Waals surface area contributed by atoms with E-state index in [9.17, 15) is 0 Å². The van der Waals surface area contributed by atoms with E-state index in [1.807, 2.05) is 6.07 Å². The number of alkyl halides is 1. The Morgan fingerprint density at radius 1 is 1.27 bits per heavy atom. The fourth-order valence-corrected chi connectivity index (χ4v) is 2.26. The van der Waals surface area contributed by atoms with Crippen LogP contribution in [0.4, 0.5) is 0 Å². The maximum absolute atomic E-state index is 5.65. The lowest BCUT2D eigenvalue weighted by molar-refractivity contribution is 0.0510. The van der Waals surface area contributed by atoms with E-state index in [-0.39, 0.29) is 6.10 Å². The van der Waals surface area contributed by atoms with Crippen molar-refractivity contribution in [2.75, 3.05) is 6.61 Å². The van der Waals surface area contributed by atoms with Crippen molar-refractivity contribution < 1.29 is 4.74 Å². The molecule has 2 rings (SSSR count). The predicted octanol–water partition coefficient (Wildman–Crippen LogP) is 3.64. The minimum absolute atomic E-state index is 0.267. The third-order valence-corrected chi connectivity index (χ3v) is 3.39. The van der Waals surface area contributed by atoms with Gasteiger partial charge in [0.15, 0.2) is 0 Å². The van der Waals surface area contributed by atoms with Crippen molar-refractivity contribution in [1.82, 2.24) is 0 Å². The van der Waals surface area contributed by atoms with Crippen molar-refractivity contribution >= 4 is 22.0 Å². The van der Waals surface area contributed by atoms with E-state index < -0.39 is 0 Å². The molecule has 1 nitrogen and oxygen atoms in total. The van der Waals surface area contributed by atoms with Gasteiger partial charge < -0.3 is 4.74 Å². The highest BCUT2D eigenvalue weighted by Crippen LogP contribution is 2.21. The summed E-state index contributed by atoms with van der Waals surface area (Å²) in [4.78, 5) is 0.608. The Hall–Kier alpha value is -0.600. The van der Waals surface area contributed by atoms with Gasteiger partial charge in [0.05, 0.1) is 6.10 Å². The highest BCUT2D eigenvalue weighted by molar-refractivity contribution is 9.09. The summed E-state index contributed by atoms with van der Waals surface area (Å²) in [5, 5.41) is 0. The molecular weight excluding hydrogens is 252 g/mol. The highest BCUT2D eigenvalue weighted by atomic mass is 79.9. The summed E-state index contributed by atoms with van der Waals surface area (Å²) in [6, 6.07) is 10.3. The van der Waals surface area contributed by atoms with E-state index >= 15 is 0 Å². The van der Waals surface area contributed by atoms with Gasteiger partial charge in [0.2, 0.25) is 0 Å². The molecule has 1 aromatic carbocycles. The first-order chi connectivity index (χ1) is 7.34. The third kappa shape index (κ3) is 3.47. The average Bonchev–Trinajstić information content (AvgIpc) is 2.28. The Labute approximate surface area is 99.3 Å². The second-order valence-electron chi connectivity index (χ2n) is 3.80. The molecule has 0 saturated carbocycles. The van der Waals surface area contributed by atoms with Gasteiger partial charge in [0.25, 0.3) is 0 Å². The van der Waals surface area contributed by atoms with Crippen LogP contribution in [0.15, 0.2) is 36.4 Å². The first-order valence-electron chi connectivity index (χ1n) is 5.33. The lowest BCUT2D eigenvalue weighted by atomic mass is 10.1. The van der Waals surface area contributed by atoms with Gasteiger partial charge in [0.1, 0.15) is 0 Å². The standard InChI is InChI=1S/C13H15BrO/c14-12-8-9-15-13(10-12)7-6-11-4-2-1-3-5-11/h1-7,12-13H,8-10H2/b7-6+/t12-,13-/m0/s1. The van der Waals surface area contributed by atoms with Gasteiger partial charge >= 0.3 is 0 Å². The van der Waals surface area contributed by atoms with Crippen LogP contribution in [0.25, 0.3) is 6.08 Å². The van der Waals surface area contributed by atoms with Crippen LogP contribution >= 0.6 is 15.9 Å². The summed E-state index contributed by atoms with van der Waals surface area (Å²) in [6.07, 6.45) is 6.75. The average molecular weight is 267 g/mol. The molecule has 2 heteroatoms. The number of halogens is 1. The molecule has 80 valence electrons.